The highest BCUT2D eigenvalue weighted by Crippen LogP contribution is 2.13. The number of thioether (sulfide) groups is 1. The highest BCUT2D eigenvalue weighted by molar-refractivity contribution is 9.10. The maximum Gasteiger partial charge on any atom is 0.0175 e. The van der Waals surface area contributed by atoms with Crippen molar-refractivity contribution in [2.45, 2.75) is 32.2 Å². The Bertz CT molecular complexity index is 286. The van der Waals surface area contributed by atoms with Crippen LogP contribution in [0.25, 0.3) is 0 Å². The maximum absolute atomic E-state index is 6.11. The minimum absolute atomic E-state index is 0.304. The van der Waals surface area contributed by atoms with Crippen LogP contribution >= 0.6 is 27.7 Å². The summed E-state index contributed by atoms with van der Waals surface area (Å²) in [5.41, 5.74) is 7.44. The molecule has 0 spiro atoms. The fraction of sp³-hybridized carbons (Fsp3) is 0.538. The molecular weight excluding hydrogens is 282 g/mol. The lowest BCUT2D eigenvalue weighted by atomic mass is 10.0. The largest absolute Gasteiger partial charge is 0.327 e. The van der Waals surface area contributed by atoms with E-state index in [4.69, 9.17) is 5.73 Å². The van der Waals surface area contributed by atoms with E-state index in [1.54, 1.807) is 0 Å². The maximum atomic E-state index is 6.11. The zero-order valence-corrected chi connectivity index (χ0v) is 12.2. The predicted molar refractivity (Wildman–Crippen MR) is 78.1 cm³/mol. The second kappa shape index (κ2) is 8.15. The van der Waals surface area contributed by atoms with Crippen LogP contribution in [0.15, 0.2) is 28.7 Å². The molecule has 16 heavy (non-hydrogen) atoms. The van der Waals surface area contributed by atoms with Gasteiger partial charge in [0.1, 0.15) is 0 Å². The SMILES string of the molecule is CCSCCCC(N)Cc1ccc(Br)cc1. The molecule has 1 rings (SSSR count). The minimum Gasteiger partial charge on any atom is -0.327 e. The second-order valence-electron chi connectivity index (χ2n) is 3.93. The van der Waals surface area contributed by atoms with Crippen molar-refractivity contribution in [3.8, 4) is 0 Å². The predicted octanol–water partition coefficient (Wildman–Crippen LogP) is 3.85. The molecule has 0 saturated heterocycles. The van der Waals surface area contributed by atoms with Gasteiger partial charge >= 0.3 is 0 Å². The van der Waals surface area contributed by atoms with Crippen LogP contribution in [0.2, 0.25) is 0 Å². The normalized spacial score (nSPS) is 12.7. The van der Waals surface area contributed by atoms with Crippen molar-refractivity contribution < 1.29 is 0 Å². The molecule has 1 nitrogen and oxygen atoms in total. The summed E-state index contributed by atoms with van der Waals surface area (Å²) in [7, 11) is 0. The van der Waals surface area contributed by atoms with Crippen molar-refractivity contribution in [3.63, 3.8) is 0 Å². The van der Waals surface area contributed by atoms with Gasteiger partial charge in [0.25, 0.3) is 0 Å². The summed E-state index contributed by atoms with van der Waals surface area (Å²) in [4.78, 5) is 0. The fourth-order valence-electron chi connectivity index (χ4n) is 1.62. The standard InChI is InChI=1S/C13H20BrNS/c1-2-16-9-3-4-13(15)10-11-5-7-12(14)8-6-11/h5-8,13H,2-4,9-10,15H2,1H3. The van der Waals surface area contributed by atoms with Gasteiger partial charge in [-0.05, 0) is 48.5 Å². The van der Waals surface area contributed by atoms with E-state index in [0.717, 1.165) is 17.3 Å². The zero-order chi connectivity index (χ0) is 11.8. The first-order valence-electron chi connectivity index (χ1n) is 5.80. The van der Waals surface area contributed by atoms with Crippen molar-refractivity contribution in [1.82, 2.24) is 0 Å². The Hall–Kier alpha value is 0.01000. The third-order valence-corrected chi connectivity index (χ3v) is 3.99. The first kappa shape index (κ1) is 14.1. The van der Waals surface area contributed by atoms with Crippen LogP contribution in [0.5, 0.6) is 0 Å². The number of rotatable bonds is 7. The second-order valence-corrected chi connectivity index (χ2v) is 6.24. The first-order valence-corrected chi connectivity index (χ1v) is 7.75. The van der Waals surface area contributed by atoms with Crippen LogP contribution in [0.1, 0.15) is 25.3 Å². The first-order chi connectivity index (χ1) is 7.72. The van der Waals surface area contributed by atoms with Gasteiger partial charge in [-0.3, -0.25) is 0 Å². The molecule has 0 saturated carbocycles. The molecule has 0 radical (unpaired) electrons. The molecule has 0 bridgehead atoms. The van der Waals surface area contributed by atoms with E-state index in [2.05, 4.69) is 47.1 Å². The van der Waals surface area contributed by atoms with Gasteiger partial charge in [-0.15, -0.1) is 0 Å². The molecule has 0 amide bonds. The van der Waals surface area contributed by atoms with Gasteiger partial charge in [0.05, 0.1) is 0 Å². The van der Waals surface area contributed by atoms with Gasteiger partial charge in [0, 0.05) is 10.5 Å². The Labute approximate surface area is 111 Å². The van der Waals surface area contributed by atoms with E-state index in [-0.39, 0.29) is 0 Å². The Kier molecular flexibility index (Phi) is 7.17. The molecule has 0 aliphatic rings. The van der Waals surface area contributed by atoms with Crippen LogP contribution in [0.3, 0.4) is 0 Å². The molecule has 0 aromatic heterocycles. The van der Waals surface area contributed by atoms with E-state index in [0.29, 0.717) is 6.04 Å². The fourth-order valence-corrected chi connectivity index (χ4v) is 2.54. The lowest BCUT2D eigenvalue weighted by molar-refractivity contribution is 0.603. The van der Waals surface area contributed by atoms with Crippen molar-refractivity contribution in [2.24, 2.45) is 5.73 Å². The summed E-state index contributed by atoms with van der Waals surface area (Å²) in [5.74, 6) is 2.45. The molecule has 0 aliphatic carbocycles. The van der Waals surface area contributed by atoms with Gasteiger partial charge in [0.15, 0.2) is 0 Å². The number of halogens is 1. The average molecular weight is 302 g/mol. The van der Waals surface area contributed by atoms with E-state index in [9.17, 15) is 0 Å². The Morgan fingerprint density at radius 3 is 2.62 bits per heavy atom. The molecule has 90 valence electrons. The summed E-state index contributed by atoms with van der Waals surface area (Å²) >= 11 is 5.43. The third kappa shape index (κ3) is 5.92. The van der Waals surface area contributed by atoms with Gasteiger partial charge in [-0.2, -0.15) is 11.8 Å². The number of nitrogens with two attached hydrogens (primary N) is 1. The third-order valence-electron chi connectivity index (χ3n) is 2.48. The smallest absolute Gasteiger partial charge is 0.0175 e. The summed E-state index contributed by atoms with van der Waals surface area (Å²) in [5, 5.41) is 0. The molecule has 1 atom stereocenters. The number of benzene rings is 1. The zero-order valence-electron chi connectivity index (χ0n) is 9.79. The van der Waals surface area contributed by atoms with Crippen molar-refractivity contribution in [1.29, 1.82) is 0 Å². The number of hydrogen-bond donors (Lipinski definition) is 1. The van der Waals surface area contributed by atoms with Gasteiger partial charge < -0.3 is 5.73 Å². The molecule has 0 fully saturated rings. The average Bonchev–Trinajstić information content (AvgIpc) is 2.28. The molecule has 1 aromatic carbocycles. The topological polar surface area (TPSA) is 26.0 Å². The quantitative estimate of drug-likeness (QED) is 0.774. The van der Waals surface area contributed by atoms with E-state index >= 15 is 0 Å². The van der Waals surface area contributed by atoms with Crippen LogP contribution in [0.4, 0.5) is 0 Å². The molecule has 3 heteroatoms. The minimum atomic E-state index is 0.304. The molecule has 1 aromatic rings. The van der Waals surface area contributed by atoms with Crippen molar-refractivity contribution in [3.05, 3.63) is 34.3 Å². The molecular formula is C13H20BrNS. The van der Waals surface area contributed by atoms with Crippen LogP contribution in [-0.4, -0.2) is 17.5 Å². The summed E-state index contributed by atoms with van der Waals surface area (Å²) in [6.45, 7) is 2.20. The summed E-state index contributed by atoms with van der Waals surface area (Å²) in [6.07, 6.45) is 3.35. The van der Waals surface area contributed by atoms with Crippen LogP contribution in [-0.2, 0) is 6.42 Å². The Morgan fingerprint density at radius 1 is 1.31 bits per heavy atom. The van der Waals surface area contributed by atoms with Gasteiger partial charge in [-0.1, -0.05) is 35.0 Å². The van der Waals surface area contributed by atoms with Crippen LogP contribution < -0.4 is 5.73 Å². The number of hydrogen-bond acceptors (Lipinski definition) is 2. The molecule has 0 heterocycles. The van der Waals surface area contributed by atoms with E-state index in [1.807, 2.05) is 11.8 Å². The lowest BCUT2D eigenvalue weighted by Gasteiger charge is -2.11. The van der Waals surface area contributed by atoms with Crippen LogP contribution in [0, 0.1) is 0 Å². The summed E-state index contributed by atoms with van der Waals surface area (Å²) < 4.78 is 1.13. The molecule has 0 aliphatic heterocycles. The van der Waals surface area contributed by atoms with Gasteiger partial charge in [-0.25, -0.2) is 0 Å². The lowest BCUT2D eigenvalue weighted by Crippen LogP contribution is -2.22. The van der Waals surface area contributed by atoms with E-state index in [1.165, 1.54) is 23.5 Å². The highest BCUT2D eigenvalue weighted by Gasteiger charge is 2.03. The molecule has 2 N–H and O–H groups in total. The molecule has 1 unspecified atom stereocenters. The monoisotopic (exact) mass is 301 g/mol. The summed E-state index contributed by atoms with van der Waals surface area (Å²) in [6, 6.07) is 8.75. The van der Waals surface area contributed by atoms with E-state index < -0.39 is 0 Å². The highest BCUT2D eigenvalue weighted by atomic mass is 79.9. The Morgan fingerprint density at radius 2 is 2.00 bits per heavy atom. The van der Waals surface area contributed by atoms with Gasteiger partial charge in [0.2, 0.25) is 0 Å². The van der Waals surface area contributed by atoms with Crippen molar-refractivity contribution in [2.75, 3.05) is 11.5 Å². The van der Waals surface area contributed by atoms with Crippen molar-refractivity contribution >= 4 is 27.7 Å². The Balaban J connectivity index is 2.23.